The molecular weight excluding hydrogens is 944 g/mol. The number of hydrogen-bond donors (Lipinski definition) is 2. The first-order valence-electron chi connectivity index (χ1n) is 18.5. The summed E-state index contributed by atoms with van der Waals surface area (Å²) in [6.45, 7) is -3.22. The third-order valence-corrected chi connectivity index (χ3v) is 11.1. The molecule has 14 nitrogen and oxygen atoms in total. The van der Waals surface area contributed by atoms with E-state index in [0.717, 1.165) is 24.3 Å². The van der Waals surface area contributed by atoms with E-state index >= 15 is 8.78 Å². The van der Waals surface area contributed by atoms with Crippen LogP contribution in [0.2, 0.25) is 5.02 Å². The Morgan fingerprint density at radius 2 is 1.68 bits per heavy atom. The van der Waals surface area contributed by atoms with Crippen molar-refractivity contribution in [2.75, 3.05) is 11.0 Å². The average Bonchev–Trinajstić information content (AvgIpc) is 3.70. The Kier molecular flexibility index (Phi) is 11.0. The molecule has 1 fully saturated rings. The maximum Gasteiger partial charge on any atom is 0.433 e. The van der Waals surface area contributed by atoms with Crippen molar-refractivity contribution >= 4 is 44.3 Å². The number of nitrogens with zero attached hydrogens (tertiary/aromatic N) is 8. The second-order valence-corrected chi connectivity index (χ2v) is 17.2. The van der Waals surface area contributed by atoms with Crippen LogP contribution in [0.3, 0.4) is 0 Å². The molecule has 28 heteroatoms. The van der Waals surface area contributed by atoms with Crippen LogP contribution in [0.25, 0.3) is 28.1 Å². The van der Waals surface area contributed by atoms with Gasteiger partial charge in [0.05, 0.1) is 33.9 Å². The van der Waals surface area contributed by atoms with E-state index in [1.165, 1.54) is 0 Å². The van der Waals surface area contributed by atoms with E-state index < -0.39 is 163 Å². The summed E-state index contributed by atoms with van der Waals surface area (Å²) >= 11 is 6.39. The van der Waals surface area contributed by atoms with Crippen molar-refractivity contribution in [1.82, 2.24) is 44.4 Å². The normalized spacial score (nSPS) is 17.3. The molecule has 65 heavy (non-hydrogen) atoms. The number of carbonyl (C=O) groups excluding carboxylic acids is 1. The van der Waals surface area contributed by atoms with Crippen molar-refractivity contribution in [3.05, 3.63) is 110 Å². The molecule has 4 heterocycles. The van der Waals surface area contributed by atoms with Gasteiger partial charge in [-0.05, 0) is 48.2 Å². The van der Waals surface area contributed by atoms with E-state index in [1.54, 1.807) is 0 Å². The van der Waals surface area contributed by atoms with Gasteiger partial charge in [0, 0.05) is 36.2 Å². The maximum atomic E-state index is 15.5. The summed E-state index contributed by atoms with van der Waals surface area (Å²) in [6, 6.07) is 2.78. The largest absolute Gasteiger partial charge is 0.433 e. The molecule has 1 saturated carbocycles. The van der Waals surface area contributed by atoms with Crippen LogP contribution >= 0.6 is 11.6 Å². The number of alkyl halides is 10. The van der Waals surface area contributed by atoms with E-state index in [1.807, 2.05) is 4.72 Å². The van der Waals surface area contributed by atoms with Gasteiger partial charge >= 0.3 is 12.4 Å². The van der Waals surface area contributed by atoms with Gasteiger partial charge in [-0.2, -0.15) is 45.3 Å². The summed E-state index contributed by atoms with van der Waals surface area (Å²) in [5.74, 6) is -12.3. The lowest BCUT2D eigenvalue weighted by molar-refractivity contribution is -0.142. The quantitative estimate of drug-likeness (QED) is 0.119. The average molecular weight is 969 g/mol. The van der Waals surface area contributed by atoms with Crippen LogP contribution in [0.4, 0.5) is 58.5 Å². The lowest BCUT2D eigenvalue weighted by atomic mass is 10.0. The highest BCUT2D eigenvalue weighted by atomic mass is 35.5. The van der Waals surface area contributed by atoms with E-state index in [2.05, 4.69) is 30.5 Å². The molecule has 4 aromatic heterocycles. The number of carbonyl (C=O) groups is 1. The second kappa shape index (κ2) is 15.7. The van der Waals surface area contributed by atoms with E-state index in [4.69, 9.17) is 11.6 Å². The number of halogens is 13. The summed E-state index contributed by atoms with van der Waals surface area (Å²) in [7, 11) is -4.31. The number of hydrogen-bond acceptors (Lipinski definition) is 9. The van der Waals surface area contributed by atoms with Crippen LogP contribution in [-0.4, -0.2) is 65.8 Å². The zero-order valence-corrected chi connectivity index (χ0v) is 33.9. The first kappa shape index (κ1) is 45.3. The van der Waals surface area contributed by atoms with Crippen molar-refractivity contribution in [2.24, 2.45) is 5.92 Å². The van der Waals surface area contributed by atoms with Crippen molar-refractivity contribution in [1.29, 1.82) is 0 Å². The number of sulfonamides is 1. The van der Waals surface area contributed by atoms with Crippen LogP contribution < -0.4 is 15.6 Å². The minimum Gasteiger partial charge on any atom is -0.344 e. The summed E-state index contributed by atoms with van der Waals surface area (Å²) in [5, 5.41) is 8.65. The third kappa shape index (κ3) is 8.81. The molecular formula is C37H25ClF12N10O4S. The van der Waals surface area contributed by atoms with Gasteiger partial charge in [-0.1, -0.05) is 11.6 Å². The van der Waals surface area contributed by atoms with Gasteiger partial charge in [0.2, 0.25) is 15.9 Å². The zero-order valence-electron chi connectivity index (χ0n) is 32.3. The van der Waals surface area contributed by atoms with Crippen molar-refractivity contribution < 1.29 is 65.9 Å². The third-order valence-electron chi connectivity index (χ3n) is 10.3. The Morgan fingerprint density at radius 3 is 2.31 bits per heavy atom. The molecule has 0 bridgehead atoms. The monoisotopic (exact) mass is 968 g/mol. The minimum atomic E-state index is -5.11. The molecule has 0 unspecified atom stereocenters. The number of anilines is 1. The van der Waals surface area contributed by atoms with Gasteiger partial charge in [0.15, 0.2) is 11.6 Å². The van der Waals surface area contributed by atoms with Crippen molar-refractivity contribution in [2.45, 2.75) is 62.6 Å². The van der Waals surface area contributed by atoms with Crippen LogP contribution in [-0.2, 0) is 46.4 Å². The summed E-state index contributed by atoms with van der Waals surface area (Å²) in [5.41, 5.74) is -7.88. The van der Waals surface area contributed by atoms with Gasteiger partial charge in [-0.15, -0.1) is 0 Å². The Morgan fingerprint density at radius 1 is 0.985 bits per heavy atom. The van der Waals surface area contributed by atoms with Gasteiger partial charge in [0.1, 0.15) is 53.3 Å². The van der Waals surface area contributed by atoms with E-state index in [0.29, 0.717) is 39.9 Å². The molecule has 0 aliphatic heterocycles. The molecule has 0 spiro atoms. The molecule has 1 amide bonds. The molecule has 6 aromatic rings. The molecule has 0 radical (unpaired) electrons. The number of benzene rings is 2. The Labute approximate surface area is 360 Å². The van der Waals surface area contributed by atoms with Crippen LogP contribution in [0.15, 0.2) is 53.5 Å². The van der Waals surface area contributed by atoms with Gasteiger partial charge in [-0.25, -0.2) is 40.9 Å². The SMILES string of the molecule is CS(=O)(=O)Nc1nn(CC(F)(F)F)c2c(-n3c([C@H](Cc4cc(F)cc(F)c4)NC(=O)Cn4nc(C(F)F)c5c4C(F)(F)[C@@H]4C[C@H]54)nc(-c4nccc(C(F)(F)F)n4)cc3=O)ccc(Cl)c12. The summed E-state index contributed by atoms with van der Waals surface area (Å²) in [4.78, 5) is 39.9. The molecule has 0 saturated heterocycles. The highest BCUT2D eigenvalue weighted by Gasteiger charge is 2.67. The van der Waals surface area contributed by atoms with Gasteiger partial charge in [-0.3, -0.25) is 28.2 Å². The van der Waals surface area contributed by atoms with E-state index in [-0.39, 0.29) is 16.7 Å². The molecule has 2 aromatic carbocycles. The predicted octanol–water partition coefficient (Wildman–Crippen LogP) is 7.37. The van der Waals surface area contributed by atoms with E-state index in [9.17, 15) is 61.9 Å². The Bertz CT molecular complexity index is 3080. The van der Waals surface area contributed by atoms with Crippen LogP contribution in [0, 0.1) is 17.6 Å². The van der Waals surface area contributed by atoms with Gasteiger partial charge < -0.3 is 5.32 Å². The predicted molar refractivity (Wildman–Crippen MR) is 202 cm³/mol. The fourth-order valence-electron chi connectivity index (χ4n) is 7.83. The highest BCUT2D eigenvalue weighted by molar-refractivity contribution is 7.92. The molecule has 2 aliphatic carbocycles. The molecule has 8 rings (SSSR count). The van der Waals surface area contributed by atoms with Crippen molar-refractivity contribution in [3.63, 3.8) is 0 Å². The number of rotatable bonds is 12. The molecule has 3 atom stereocenters. The topological polar surface area (TPSA) is 172 Å². The molecule has 344 valence electrons. The van der Waals surface area contributed by atoms with Crippen molar-refractivity contribution in [3.8, 4) is 17.2 Å². The lowest BCUT2D eigenvalue weighted by Gasteiger charge is -2.24. The number of amides is 1. The highest BCUT2D eigenvalue weighted by Crippen LogP contribution is 2.68. The lowest BCUT2D eigenvalue weighted by Crippen LogP contribution is -2.38. The fourth-order valence-corrected chi connectivity index (χ4v) is 8.57. The van der Waals surface area contributed by atoms with Crippen LogP contribution in [0.1, 0.15) is 58.8 Å². The second-order valence-electron chi connectivity index (χ2n) is 15.0. The first-order chi connectivity index (χ1) is 30.2. The maximum absolute atomic E-state index is 15.5. The number of fused-ring (bicyclic) bond motifs is 4. The Hall–Kier alpha value is -6.25. The number of aromatic nitrogens is 8. The summed E-state index contributed by atoms with van der Waals surface area (Å²) in [6.07, 6.45) is -13.3. The Balaban J connectivity index is 1.37. The standard InChI is InChI=1S/C37H25ClF12N10O4S/c1-65(63,64)57-33-27-19(38)2-3-22(29(27)59(56-33)13-35(43,44)45)60-25(62)11-20(32-51-5-4-23(54-32)37(48,49)50)53-34(60)21(8-14-6-15(39)9-16(40)7-14)52-24(61)12-58-30-26(28(55-58)31(41)42)17-10-18(17)36(30,46)47/h2-7,9,11,17-18,21,31H,8,10,12-13H2,1H3,(H,52,61)(H,56,57)/t17-,18+,21-/m0/s1. The summed E-state index contributed by atoms with van der Waals surface area (Å²) < 4.78 is 200. The minimum absolute atomic E-state index is 0.134. The molecule has 2 N–H and O–H groups in total. The number of nitrogens with one attached hydrogen (secondary N) is 2. The molecule has 2 aliphatic rings. The fraction of sp³-hybridized carbons (Fsp3) is 0.324. The van der Waals surface area contributed by atoms with Crippen LogP contribution in [0.5, 0.6) is 0 Å². The smallest absolute Gasteiger partial charge is 0.344 e. The zero-order chi connectivity index (χ0) is 47.3. The van der Waals surface area contributed by atoms with Gasteiger partial charge in [0.25, 0.3) is 17.9 Å². The first-order valence-corrected chi connectivity index (χ1v) is 20.8.